The minimum atomic E-state index is -4.67. The van der Waals surface area contributed by atoms with E-state index < -0.39 is 52.5 Å². The van der Waals surface area contributed by atoms with Crippen molar-refractivity contribution in [3.63, 3.8) is 0 Å². The lowest BCUT2D eigenvalue weighted by Gasteiger charge is -2.32. The third-order valence-electron chi connectivity index (χ3n) is 5.38. The maximum absolute atomic E-state index is 12.9. The van der Waals surface area contributed by atoms with Crippen molar-refractivity contribution < 1.29 is 34.8 Å². The van der Waals surface area contributed by atoms with Crippen LogP contribution in [0.3, 0.4) is 0 Å². The van der Waals surface area contributed by atoms with Crippen molar-refractivity contribution in [3.8, 4) is 0 Å². The zero-order valence-electron chi connectivity index (χ0n) is 16.6. The van der Waals surface area contributed by atoms with Crippen molar-refractivity contribution in [2.24, 2.45) is 5.73 Å². The second kappa shape index (κ2) is 8.12. The number of nitrogens with two attached hydrogens (primary N) is 1. The summed E-state index contributed by atoms with van der Waals surface area (Å²) in [6.07, 6.45) is -4.82. The van der Waals surface area contributed by atoms with Crippen LogP contribution < -0.4 is 11.1 Å². The number of carbonyl (C=O) groups is 1. The molecular formula is C18H25F3N2O5S2. The Balaban J connectivity index is 2.07. The van der Waals surface area contributed by atoms with Crippen LogP contribution in [0.25, 0.3) is 0 Å². The number of benzene rings is 1. The van der Waals surface area contributed by atoms with Gasteiger partial charge in [0.2, 0.25) is 5.91 Å². The summed E-state index contributed by atoms with van der Waals surface area (Å²) in [6, 6.07) is 3.51. The van der Waals surface area contributed by atoms with Crippen molar-refractivity contribution >= 4 is 25.6 Å². The van der Waals surface area contributed by atoms with Gasteiger partial charge < -0.3 is 11.1 Å². The number of alkyl halides is 3. The Morgan fingerprint density at radius 2 is 1.77 bits per heavy atom. The molecule has 1 saturated heterocycles. The lowest BCUT2D eigenvalue weighted by Crippen LogP contribution is -2.58. The summed E-state index contributed by atoms with van der Waals surface area (Å²) in [4.78, 5) is 11.9. The van der Waals surface area contributed by atoms with Crippen molar-refractivity contribution in [2.75, 3.05) is 18.1 Å². The van der Waals surface area contributed by atoms with E-state index in [0.29, 0.717) is 6.07 Å². The molecule has 1 amide bonds. The predicted molar refractivity (Wildman–Crippen MR) is 105 cm³/mol. The highest BCUT2D eigenvalue weighted by Crippen LogP contribution is 2.34. The van der Waals surface area contributed by atoms with Crippen molar-refractivity contribution in [1.29, 1.82) is 0 Å². The smallest absolute Gasteiger partial charge is 0.354 e. The van der Waals surface area contributed by atoms with Crippen molar-refractivity contribution in [1.82, 2.24) is 5.32 Å². The van der Waals surface area contributed by atoms with E-state index in [2.05, 4.69) is 5.32 Å². The van der Waals surface area contributed by atoms with Gasteiger partial charge in [0, 0.05) is 6.54 Å². The Hall–Kier alpha value is -1.66. The summed E-state index contributed by atoms with van der Waals surface area (Å²) >= 11 is 0. The zero-order valence-corrected chi connectivity index (χ0v) is 18.3. The summed E-state index contributed by atoms with van der Waals surface area (Å²) in [5, 5.41) is 2.53. The van der Waals surface area contributed by atoms with Gasteiger partial charge >= 0.3 is 6.18 Å². The maximum atomic E-state index is 12.9. The Bertz CT molecular complexity index is 1000. The van der Waals surface area contributed by atoms with Gasteiger partial charge in [-0.3, -0.25) is 4.79 Å². The number of hydrogen-bond acceptors (Lipinski definition) is 6. The largest absolute Gasteiger partial charge is 0.416 e. The lowest BCUT2D eigenvalue weighted by molar-refractivity contribution is -0.137. The molecular weight excluding hydrogens is 445 g/mol. The average molecular weight is 471 g/mol. The standard InChI is InChI=1S/C18H25F3N2O5S2/c1-16(2,30(27,28)14-5-3-4-13(12-14)18(19,20)21)6-9-23-15(24)17(22)7-10-29(25,26)11-8-17/h3-5,12H,6-11,22H2,1-2H3,(H,23,24). The van der Waals surface area contributed by atoms with E-state index in [1.807, 2.05) is 0 Å². The number of carbonyl (C=O) groups excluding carboxylic acids is 1. The maximum Gasteiger partial charge on any atom is 0.416 e. The van der Waals surface area contributed by atoms with Gasteiger partial charge in [-0.2, -0.15) is 13.2 Å². The number of sulfone groups is 2. The summed E-state index contributed by atoms with van der Waals surface area (Å²) < 4.78 is 86.0. The Kier molecular flexibility index (Phi) is 6.66. The highest BCUT2D eigenvalue weighted by molar-refractivity contribution is 7.92. The molecule has 0 aliphatic carbocycles. The molecule has 0 saturated carbocycles. The normalized spacial score (nSPS) is 19.3. The van der Waals surface area contributed by atoms with Gasteiger partial charge in [0.15, 0.2) is 9.84 Å². The molecule has 1 aromatic carbocycles. The Morgan fingerprint density at radius 1 is 1.20 bits per heavy atom. The summed E-state index contributed by atoms with van der Waals surface area (Å²) in [7, 11) is -7.35. The van der Waals surface area contributed by atoms with Crippen molar-refractivity contribution in [2.45, 2.75) is 54.5 Å². The van der Waals surface area contributed by atoms with Crippen LogP contribution in [-0.4, -0.2) is 51.1 Å². The van der Waals surface area contributed by atoms with Crippen LogP contribution in [0.15, 0.2) is 29.2 Å². The van der Waals surface area contributed by atoms with Crippen LogP contribution in [0.4, 0.5) is 13.2 Å². The fraction of sp³-hybridized carbons (Fsp3) is 0.611. The highest BCUT2D eigenvalue weighted by atomic mass is 32.2. The third kappa shape index (κ3) is 5.33. The number of nitrogens with one attached hydrogen (secondary N) is 1. The first-order valence-electron chi connectivity index (χ1n) is 9.20. The molecule has 12 heteroatoms. The average Bonchev–Trinajstić information content (AvgIpc) is 2.63. The lowest BCUT2D eigenvalue weighted by atomic mass is 9.92. The highest BCUT2D eigenvalue weighted by Gasteiger charge is 2.41. The molecule has 0 spiro atoms. The topological polar surface area (TPSA) is 123 Å². The summed E-state index contributed by atoms with van der Waals surface area (Å²) in [5.74, 6) is -0.983. The van der Waals surface area contributed by atoms with Crippen LogP contribution in [-0.2, 0) is 30.6 Å². The van der Waals surface area contributed by atoms with Crippen LogP contribution >= 0.6 is 0 Å². The van der Waals surface area contributed by atoms with Gasteiger partial charge in [-0.1, -0.05) is 6.07 Å². The van der Waals surface area contributed by atoms with E-state index in [1.54, 1.807) is 0 Å². The number of hydrogen-bond donors (Lipinski definition) is 2. The minimum Gasteiger partial charge on any atom is -0.354 e. The minimum absolute atomic E-state index is 0.0346. The molecule has 1 aliphatic rings. The van der Waals surface area contributed by atoms with E-state index in [1.165, 1.54) is 13.8 Å². The first kappa shape index (κ1) is 24.6. The molecule has 0 unspecified atom stereocenters. The van der Waals surface area contributed by atoms with Crippen LogP contribution in [0, 0.1) is 0 Å². The molecule has 7 nitrogen and oxygen atoms in total. The van der Waals surface area contributed by atoms with Crippen LogP contribution in [0.2, 0.25) is 0 Å². The monoisotopic (exact) mass is 470 g/mol. The van der Waals surface area contributed by atoms with E-state index in [-0.39, 0.29) is 37.3 Å². The quantitative estimate of drug-likeness (QED) is 0.652. The first-order valence-corrected chi connectivity index (χ1v) is 12.5. The van der Waals surface area contributed by atoms with Gasteiger partial charge in [0.1, 0.15) is 9.84 Å². The predicted octanol–water partition coefficient (Wildman–Crippen LogP) is 1.67. The van der Waals surface area contributed by atoms with Crippen LogP contribution in [0.5, 0.6) is 0 Å². The molecule has 2 rings (SSSR count). The molecule has 170 valence electrons. The second-order valence-corrected chi connectivity index (χ2v) is 13.0. The van der Waals surface area contributed by atoms with Gasteiger partial charge in [0.25, 0.3) is 0 Å². The SMILES string of the molecule is CC(C)(CCNC(=O)C1(N)CCS(=O)(=O)CC1)S(=O)(=O)c1cccc(C(F)(F)F)c1. The zero-order chi connectivity index (χ0) is 23.0. The van der Waals surface area contributed by atoms with Gasteiger partial charge in [-0.25, -0.2) is 16.8 Å². The molecule has 1 fully saturated rings. The van der Waals surface area contributed by atoms with E-state index in [9.17, 15) is 34.8 Å². The molecule has 1 aliphatic heterocycles. The molecule has 3 N–H and O–H groups in total. The number of rotatable bonds is 6. The van der Waals surface area contributed by atoms with E-state index in [0.717, 1.165) is 18.2 Å². The molecule has 1 aromatic rings. The van der Waals surface area contributed by atoms with E-state index in [4.69, 9.17) is 5.73 Å². The van der Waals surface area contributed by atoms with Crippen molar-refractivity contribution in [3.05, 3.63) is 29.8 Å². The first-order chi connectivity index (χ1) is 13.5. The molecule has 0 aromatic heterocycles. The molecule has 0 radical (unpaired) electrons. The fourth-order valence-electron chi connectivity index (χ4n) is 3.08. The molecule has 0 atom stereocenters. The molecule has 30 heavy (non-hydrogen) atoms. The second-order valence-electron chi connectivity index (χ2n) is 8.10. The third-order valence-corrected chi connectivity index (χ3v) is 9.57. The van der Waals surface area contributed by atoms with Gasteiger partial charge in [-0.05, 0) is 51.3 Å². The Labute approximate surface area is 174 Å². The molecule has 1 heterocycles. The van der Waals surface area contributed by atoms with Gasteiger partial charge in [0.05, 0.1) is 32.3 Å². The number of amides is 1. The summed E-state index contributed by atoms with van der Waals surface area (Å²) in [5.41, 5.74) is 3.59. The molecule has 0 bridgehead atoms. The van der Waals surface area contributed by atoms with E-state index >= 15 is 0 Å². The fourth-order valence-corrected chi connectivity index (χ4v) is 6.18. The number of halogens is 3. The summed E-state index contributed by atoms with van der Waals surface area (Å²) in [6.45, 7) is 2.63. The Morgan fingerprint density at radius 3 is 2.30 bits per heavy atom. The van der Waals surface area contributed by atoms with Crippen LogP contribution in [0.1, 0.15) is 38.7 Å². The van der Waals surface area contributed by atoms with Gasteiger partial charge in [-0.15, -0.1) is 0 Å².